The highest BCUT2D eigenvalue weighted by Gasteiger charge is 2.15. The SMILES string of the molecule is Cc1cc(C)c(NC(=O)c2cccnc2N(C)C)c(C)c1. The molecule has 0 saturated heterocycles. The summed E-state index contributed by atoms with van der Waals surface area (Å²) < 4.78 is 0. The summed E-state index contributed by atoms with van der Waals surface area (Å²) in [6.45, 7) is 6.06. The lowest BCUT2D eigenvalue weighted by molar-refractivity contribution is 0.102. The largest absolute Gasteiger partial charge is 0.362 e. The Kier molecular flexibility index (Phi) is 4.26. The molecular formula is C17H21N3O. The van der Waals surface area contributed by atoms with Crippen LogP contribution in [0.1, 0.15) is 27.0 Å². The maximum absolute atomic E-state index is 12.6. The molecule has 1 heterocycles. The van der Waals surface area contributed by atoms with Gasteiger partial charge in [0.1, 0.15) is 5.82 Å². The highest BCUT2D eigenvalue weighted by Crippen LogP contribution is 2.24. The van der Waals surface area contributed by atoms with Gasteiger partial charge < -0.3 is 10.2 Å². The van der Waals surface area contributed by atoms with E-state index in [4.69, 9.17) is 0 Å². The van der Waals surface area contributed by atoms with Crippen LogP contribution in [0.4, 0.5) is 11.5 Å². The van der Waals surface area contributed by atoms with Crippen LogP contribution in [0, 0.1) is 20.8 Å². The predicted octanol–water partition coefficient (Wildman–Crippen LogP) is 3.33. The summed E-state index contributed by atoms with van der Waals surface area (Å²) in [5, 5.41) is 3.01. The molecule has 0 spiro atoms. The lowest BCUT2D eigenvalue weighted by Crippen LogP contribution is -2.20. The fourth-order valence-electron chi connectivity index (χ4n) is 2.49. The fourth-order valence-corrected chi connectivity index (χ4v) is 2.49. The first-order valence-electron chi connectivity index (χ1n) is 6.91. The first-order valence-corrected chi connectivity index (χ1v) is 6.91. The number of aromatic nitrogens is 1. The normalized spacial score (nSPS) is 10.3. The van der Waals surface area contributed by atoms with Gasteiger partial charge in [-0.3, -0.25) is 4.79 Å². The molecule has 1 aromatic heterocycles. The maximum Gasteiger partial charge on any atom is 0.259 e. The second kappa shape index (κ2) is 5.95. The summed E-state index contributed by atoms with van der Waals surface area (Å²) in [5.74, 6) is 0.527. The van der Waals surface area contributed by atoms with Crippen LogP contribution in [0.5, 0.6) is 0 Å². The number of hydrogen-bond donors (Lipinski definition) is 1. The Bertz CT molecular complexity index is 654. The number of benzene rings is 1. The number of anilines is 2. The van der Waals surface area contributed by atoms with Gasteiger partial charge in [0, 0.05) is 26.0 Å². The molecule has 0 aliphatic rings. The highest BCUT2D eigenvalue weighted by atomic mass is 16.1. The summed E-state index contributed by atoms with van der Waals surface area (Å²) in [6, 6.07) is 7.70. The molecule has 1 amide bonds. The van der Waals surface area contributed by atoms with Gasteiger partial charge in [-0.1, -0.05) is 17.7 Å². The third kappa shape index (κ3) is 3.21. The monoisotopic (exact) mass is 283 g/mol. The third-order valence-corrected chi connectivity index (χ3v) is 3.37. The summed E-state index contributed by atoms with van der Waals surface area (Å²) in [7, 11) is 3.75. The van der Waals surface area contributed by atoms with Crippen molar-refractivity contribution in [2.75, 3.05) is 24.3 Å². The van der Waals surface area contributed by atoms with Crippen LogP contribution >= 0.6 is 0 Å². The Hall–Kier alpha value is -2.36. The van der Waals surface area contributed by atoms with Gasteiger partial charge in [0.2, 0.25) is 0 Å². The molecule has 1 aromatic carbocycles. The van der Waals surface area contributed by atoms with E-state index in [1.165, 1.54) is 5.56 Å². The molecule has 0 saturated carbocycles. The molecule has 4 nitrogen and oxygen atoms in total. The molecule has 2 aromatic rings. The highest BCUT2D eigenvalue weighted by molar-refractivity contribution is 6.08. The van der Waals surface area contributed by atoms with E-state index in [1.807, 2.05) is 32.8 Å². The molecule has 0 bridgehead atoms. The Morgan fingerprint density at radius 2 is 1.76 bits per heavy atom. The fraction of sp³-hybridized carbons (Fsp3) is 0.294. The smallest absolute Gasteiger partial charge is 0.259 e. The zero-order valence-electron chi connectivity index (χ0n) is 13.2. The average Bonchev–Trinajstić information content (AvgIpc) is 2.42. The van der Waals surface area contributed by atoms with Gasteiger partial charge in [-0.2, -0.15) is 0 Å². The Labute approximate surface area is 125 Å². The van der Waals surface area contributed by atoms with Crippen molar-refractivity contribution < 1.29 is 4.79 Å². The quantitative estimate of drug-likeness (QED) is 0.939. The first kappa shape index (κ1) is 15.0. The minimum absolute atomic E-state index is 0.137. The predicted molar refractivity (Wildman–Crippen MR) is 87.2 cm³/mol. The van der Waals surface area contributed by atoms with E-state index in [9.17, 15) is 4.79 Å². The van der Waals surface area contributed by atoms with Crippen molar-refractivity contribution in [1.29, 1.82) is 0 Å². The summed E-state index contributed by atoms with van der Waals surface area (Å²) in [6.07, 6.45) is 1.69. The second-order valence-corrected chi connectivity index (χ2v) is 5.50. The zero-order valence-corrected chi connectivity index (χ0v) is 13.2. The van der Waals surface area contributed by atoms with E-state index in [2.05, 4.69) is 29.4 Å². The van der Waals surface area contributed by atoms with Crippen LogP contribution < -0.4 is 10.2 Å². The molecule has 21 heavy (non-hydrogen) atoms. The molecule has 110 valence electrons. The molecular weight excluding hydrogens is 262 g/mol. The number of aryl methyl sites for hydroxylation is 3. The van der Waals surface area contributed by atoms with Gasteiger partial charge in [0.25, 0.3) is 5.91 Å². The lowest BCUT2D eigenvalue weighted by Gasteiger charge is -2.17. The molecule has 0 radical (unpaired) electrons. The van der Waals surface area contributed by atoms with Crippen molar-refractivity contribution in [3.63, 3.8) is 0 Å². The van der Waals surface area contributed by atoms with Gasteiger partial charge in [-0.15, -0.1) is 0 Å². The number of carbonyl (C=O) groups excluding carboxylic acids is 1. The molecule has 0 fully saturated rings. The van der Waals surface area contributed by atoms with E-state index in [0.717, 1.165) is 16.8 Å². The lowest BCUT2D eigenvalue weighted by atomic mass is 10.0. The van der Waals surface area contributed by atoms with Gasteiger partial charge >= 0.3 is 0 Å². The number of carbonyl (C=O) groups is 1. The molecule has 0 aliphatic heterocycles. The number of hydrogen-bond acceptors (Lipinski definition) is 3. The van der Waals surface area contributed by atoms with Gasteiger partial charge in [0.15, 0.2) is 0 Å². The number of nitrogens with one attached hydrogen (secondary N) is 1. The van der Waals surface area contributed by atoms with E-state index in [1.54, 1.807) is 18.3 Å². The minimum atomic E-state index is -0.137. The van der Waals surface area contributed by atoms with Crippen molar-refractivity contribution in [2.24, 2.45) is 0 Å². The summed E-state index contributed by atoms with van der Waals surface area (Å²) in [4.78, 5) is 18.7. The van der Waals surface area contributed by atoms with E-state index in [0.29, 0.717) is 11.4 Å². The van der Waals surface area contributed by atoms with E-state index in [-0.39, 0.29) is 5.91 Å². The summed E-state index contributed by atoms with van der Waals surface area (Å²) in [5.41, 5.74) is 4.77. The molecule has 0 atom stereocenters. The van der Waals surface area contributed by atoms with Crippen molar-refractivity contribution >= 4 is 17.4 Å². The van der Waals surface area contributed by atoms with Crippen LogP contribution in [0.2, 0.25) is 0 Å². The number of nitrogens with zero attached hydrogens (tertiary/aromatic N) is 2. The molecule has 2 rings (SSSR count). The van der Waals surface area contributed by atoms with E-state index < -0.39 is 0 Å². The van der Waals surface area contributed by atoms with Gasteiger partial charge in [-0.25, -0.2) is 4.98 Å². The Morgan fingerprint density at radius 3 is 2.33 bits per heavy atom. The van der Waals surface area contributed by atoms with Crippen LogP contribution in [0.15, 0.2) is 30.5 Å². The Morgan fingerprint density at radius 1 is 1.14 bits per heavy atom. The number of rotatable bonds is 3. The summed E-state index contributed by atoms with van der Waals surface area (Å²) >= 11 is 0. The second-order valence-electron chi connectivity index (χ2n) is 5.50. The number of pyridine rings is 1. The number of amides is 1. The van der Waals surface area contributed by atoms with Crippen LogP contribution in [0.3, 0.4) is 0 Å². The first-order chi connectivity index (χ1) is 9.90. The van der Waals surface area contributed by atoms with Gasteiger partial charge in [-0.05, 0) is 44.0 Å². The average molecular weight is 283 g/mol. The zero-order chi connectivity index (χ0) is 15.6. The van der Waals surface area contributed by atoms with Crippen LogP contribution in [-0.4, -0.2) is 25.0 Å². The van der Waals surface area contributed by atoms with Crippen LogP contribution in [0.25, 0.3) is 0 Å². The molecule has 1 N–H and O–H groups in total. The standard InChI is InChI=1S/C17H21N3O/c1-11-9-12(2)15(13(3)10-11)19-17(21)14-7-6-8-18-16(14)20(4)5/h6-10H,1-5H3,(H,19,21). The van der Waals surface area contributed by atoms with Crippen molar-refractivity contribution in [3.05, 3.63) is 52.7 Å². The van der Waals surface area contributed by atoms with Crippen molar-refractivity contribution in [1.82, 2.24) is 4.98 Å². The van der Waals surface area contributed by atoms with Gasteiger partial charge in [0.05, 0.1) is 5.56 Å². The maximum atomic E-state index is 12.6. The molecule has 0 unspecified atom stereocenters. The van der Waals surface area contributed by atoms with E-state index >= 15 is 0 Å². The molecule has 0 aliphatic carbocycles. The minimum Gasteiger partial charge on any atom is -0.362 e. The van der Waals surface area contributed by atoms with Crippen molar-refractivity contribution in [2.45, 2.75) is 20.8 Å². The van der Waals surface area contributed by atoms with Crippen LogP contribution in [-0.2, 0) is 0 Å². The topological polar surface area (TPSA) is 45.2 Å². The third-order valence-electron chi connectivity index (χ3n) is 3.37. The molecule has 4 heteroatoms. The Balaban J connectivity index is 2.36. The van der Waals surface area contributed by atoms with Crippen molar-refractivity contribution in [3.8, 4) is 0 Å².